The highest BCUT2D eigenvalue weighted by Gasteiger charge is 2.49. The van der Waals surface area contributed by atoms with Crippen LogP contribution in [0.1, 0.15) is 11.1 Å². The Balaban J connectivity index is 1.51. The fourth-order valence-corrected chi connectivity index (χ4v) is 3.59. The van der Waals surface area contributed by atoms with E-state index in [0.29, 0.717) is 19.8 Å². The van der Waals surface area contributed by atoms with Gasteiger partial charge in [0.15, 0.2) is 6.29 Å². The Bertz CT molecular complexity index is 709. The van der Waals surface area contributed by atoms with Gasteiger partial charge in [-0.2, -0.15) is 0 Å². The smallest absolute Gasteiger partial charge is 0.186 e. The molecule has 0 N–H and O–H groups in total. The first-order valence-corrected chi connectivity index (χ1v) is 9.54. The van der Waals surface area contributed by atoms with E-state index in [1.54, 1.807) is 7.11 Å². The zero-order valence-electron chi connectivity index (χ0n) is 15.9. The molecule has 2 aromatic rings. The van der Waals surface area contributed by atoms with Crippen LogP contribution in [0.3, 0.4) is 0 Å². The monoisotopic (exact) mass is 386 g/mol. The van der Waals surface area contributed by atoms with E-state index in [1.165, 1.54) is 0 Å². The molecule has 0 bridgehead atoms. The molecule has 0 radical (unpaired) electrons. The lowest BCUT2D eigenvalue weighted by molar-refractivity contribution is -0.348. The molecule has 4 rings (SSSR count). The predicted octanol–water partition coefficient (Wildman–Crippen LogP) is 2.90. The molecular weight excluding hydrogens is 360 g/mol. The summed E-state index contributed by atoms with van der Waals surface area (Å²) in [6.45, 7) is 1.56. The lowest BCUT2D eigenvalue weighted by Gasteiger charge is -2.47. The van der Waals surface area contributed by atoms with Crippen molar-refractivity contribution in [3.05, 3.63) is 71.8 Å². The average molecular weight is 386 g/mol. The molecular formula is C22H26O6. The van der Waals surface area contributed by atoms with Crippen LogP contribution in [0.5, 0.6) is 0 Å². The quantitative estimate of drug-likeness (QED) is 0.729. The first-order valence-electron chi connectivity index (χ1n) is 9.54. The second-order valence-electron chi connectivity index (χ2n) is 6.92. The maximum Gasteiger partial charge on any atom is 0.186 e. The molecule has 5 atom stereocenters. The Morgan fingerprint density at radius 2 is 1.46 bits per heavy atom. The van der Waals surface area contributed by atoms with E-state index in [1.807, 2.05) is 60.7 Å². The van der Waals surface area contributed by atoms with Crippen LogP contribution in [0.15, 0.2) is 60.7 Å². The van der Waals surface area contributed by atoms with E-state index in [-0.39, 0.29) is 25.1 Å². The van der Waals surface area contributed by atoms with Gasteiger partial charge in [-0.15, -0.1) is 0 Å². The van der Waals surface area contributed by atoms with E-state index >= 15 is 0 Å². The first kappa shape index (κ1) is 19.5. The fourth-order valence-electron chi connectivity index (χ4n) is 3.59. The van der Waals surface area contributed by atoms with Gasteiger partial charge < -0.3 is 28.4 Å². The van der Waals surface area contributed by atoms with Crippen molar-refractivity contribution in [3.63, 3.8) is 0 Å². The van der Waals surface area contributed by atoms with E-state index in [9.17, 15) is 0 Å². The van der Waals surface area contributed by atoms with Crippen LogP contribution >= 0.6 is 0 Å². The van der Waals surface area contributed by atoms with E-state index in [2.05, 4.69) is 0 Å². The summed E-state index contributed by atoms with van der Waals surface area (Å²) >= 11 is 0. The van der Waals surface area contributed by atoms with Gasteiger partial charge in [0.05, 0.1) is 19.8 Å². The van der Waals surface area contributed by atoms with Gasteiger partial charge in [0.1, 0.15) is 31.2 Å². The van der Waals surface area contributed by atoms with Gasteiger partial charge in [-0.1, -0.05) is 60.7 Å². The summed E-state index contributed by atoms with van der Waals surface area (Å²) in [6.07, 6.45) is -1.85. The highest BCUT2D eigenvalue weighted by atomic mass is 16.8. The van der Waals surface area contributed by atoms with Gasteiger partial charge in [-0.05, 0) is 11.1 Å². The number of fused-ring (bicyclic) bond motifs is 1. The summed E-state index contributed by atoms with van der Waals surface area (Å²) in [7, 11) is 1.61. The molecule has 6 nitrogen and oxygen atoms in total. The summed E-state index contributed by atoms with van der Waals surface area (Å²) in [6, 6.07) is 20.1. The van der Waals surface area contributed by atoms with E-state index < -0.39 is 12.4 Å². The molecule has 0 aromatic heterocycles. The van der Waals surface area contributed by atoms with E-state index in [4.69, 9.17) is 28.4 Å². The summed E-state index contributed by atoms with van der Waals surface area (Å²) < 4.78 is 35.4. The van der Waals surface area contributed by atoms with Crippen molar-refractivity contribution in [2.45, 2.75) is 43.9 Å². The number of benzene rings is 2. The van der Waals surface area contributed by atoms with Gasteiger partial charge >= 0.3 is 0 Å². The summed E-state index contributed by atoms with van der Waals surface area (Å²) in [5.74, 6) is 0. The standard InChI is InChI=1S/C22H26O6/c1-23-22-21(26-13-17-10-6-3-7-11-17)20(19-18(28-22)14-24-15-27-19)25-12-16-8-4-2-5-9-16/h2-11,18-22H,12-15H2,1H3/t18-,19-,20+,21-,22-/m1/s1. The van der Waals surface area contributed by atoms with Crippen LogP contribution in [0.25, 0.3) is 0 Å². The Hall–Kier alpha value is -1.80. The van der Waals surface area contributed by atoms with E-state index in [0.717, 1.165) is 11.1 Å². The molecule has 0 saturated carbocycles. The molecule has 2 aliphatic heterocycles. The van der Waals surface area contributed by atoms with Crippen LogP contribution in [0.2, 0.25) is 0 Å². The maximum absolute atomic E-state index is 6.31. The zero-order valence-corrected chi connectivity index (χ0v) is 15.9. The van der Waals surface area contributed by atoms with Crippen molar-refractivity contribution < 1.29 is 28.4 Å². The lowest BCUT2D eigenvalue weighted by Crippen LogP contribution is -2.63. The molecule has 6 heteroatoms. The third kappa shape index (κ3) is 4.60. The topological polar surface area (TPSA) is 55.4 Å². The van der Waals surface area contributed by atoms with Crippen molar-refractivity contribution in [1.29, 1.82) is 0 Å². The van der Waals surface area contributed by atoms with Crippen LogP contribution in [-0.2, 0) is 41.6 Å². The van der Waals surface area contributed by atoms with Crippen molar-refractivity contribution >= 4 is 0 Å². The molecule has 0 aliphatic carbocycles. The molecule has 28 heavy (non-hydrogen) atoms. The van der Waals surface area contributed by atoms with Gasteiger partial charge in [-0.3, -0.25) is 0 Å². The Morgan fingerprint density at radius 1 is 0.857 bits per heavy atom. The van der Waals surface area contributed by atoms with Crippen molar-refractivity contribution in [2.24, 2.45) is 0 Å². The lowest BCUT2D eigenvalue weighted by atomic mass is 9.97. The van der Waals surface area contributed by atoms with Crippen molar-refractivity contribution in [1.82, 2.24) is 0 Å². The number of ether oxygens (including phenoxy) is 6. The minimum atomic E-state index is -0.559. The SMILES string of the molecule is CO[C@@H]1O[C@@H]2COCO[C@H]2[C@H](OCc2ccccc2)[C@H]1OCc1ccccc1. The zero-order chi connectivity index (χ0) is 19.2. The van der Waals surface area contributed by atoms with Crippen LogP contribution < -0.4 is 0 Å². The largest absolute Gasteiger partial charge is 0.368 e. The number of methoxy groups -OCH3 is 1. The van der Waals surface area contributed by atoms with Crippen LogP contribution in [-0.4, -0.2) is 51.2 Å². The molecule has 0 spiro atoms. The second-order valence-corrected chi connectivity index (χ2v) is 6.92. The highest BCUT2D eigenvalue weighted by Crippen LogP contribution is 2.31. The highest BCUT2D eigenvalue weighted by molar-refractivity contribution is 5.14. The van der Waals surface area contributed by atoms with Gasteiger partial charge in [0, 0.05) is 7.11 Å². The summed E-state index contributed by atoms with van der Waals surface area (Å²) in [5, 5.41) is 0. The van der Waals surface area contributed by atoms with Gasteiger partial charge in [-0.25, -0.2) is 0 Å². The normalized spacial score (nSPS) is 30.0. The predicted molar refractivity (Wildman–Crippen MR) is 101 cm³/mol. The minimum Gasteiger partial charge on any atom is -0.368 e. The Kier molecular flexibility index (Phi) is 6.69. The number of hydrogen-bond acceptors (Lipinski definition) is 6. The first-order chi connectivity index (χ1) is 13.8. The van der Waals surface area contributed by atoms with Gasteiger partial charge in [0.2, 0.25) is 0 Å². The third-order valence-corrected chi connectivity index (χ3v) is 5.02. The van der Waals surface area contributed by atoms with Crippen LogP contribution in [0, 0.1) is 0 Å². The minimum absolute atomic E-state index is 0.221. The molecule has 2 aliphatic rings. The molecule has 2 saturated heterocycles. The molecule has 2 aromatic carbocycles. The second kappa shape index (κ2) is 9.60. The molecule has 2 fully saturated rings. The average Bonchev–Trinajstić information content (AvgIpc) is 2.77. The molecule has 0 unspecified atom stereocenters. The number of hydrogen-bond donors (Lipinski definition) is 0. The number of rotatable bonds is 7. The summed E-state index contributed by atoms with van der Waals surface area (Å²) in [4.78, 5) is 0. The van der Waals surface area contributed by atoms with Crippen molar-refractivity contribution in [2.75, 3.05) is 20.5 Å². The van der Waals surface area contributed by atoms with Gasteiger partial charge in [0.25, 0.3) is 0 Å². The molecule has 2 heterocycles. The Morgan fingerprint density at radius 3 is 2.07 bits per heavy atom. The molecule has 150 valence electrons. The third-order valence-electron chi connectivity index (χ3n) is 5.02. The maximum atomic E-state index is 6.31. The Labute approximate surface area is 165 Å². The molecule has 0 amide bonds. The van der Waals surface area contributed by atoms with Crippen molar-refractivity contribution in [3.8, 4) is 0 Å². The van der Waals surface area contributed by atoms with Crippen LogP contribution in [0.4, 0.5) is 0 Å². The fraction of sp³-hybridized carbons (Fsp3) is 0.455. The summed E-state index contributed by atoms with van der Waals surface area (Å²) in [5.41, 5.74) is 2.17.